The Morgan fingerprint density at radius 3 is 2.60 bits per heavy atom. The number of benzene rings is 2. The van der Waals surface area contributed by atoms with Crippen LogP contribution in [0, 0.1) is 6.07 Å². The van der Waals surface area contributed by atoms with Gasteiger partial charge < -0.3 is 0 Å². The number of thiazole rings is 1. The van der Waals surface area contributed by atoms with Crippen LogP contribution in [-0.2, 0) is 0 Å². The molecule has 2 heteroatoms. The van der Waals surface area contributed by atoms with Gasteiger partial charge in [0, 0.05) is 5.56 Å². The van der Waals surface area contributed by atoms with Crippen LogP contribution in [0.15, 0.2) is 48.5 Å². The zero-order valence-corrected chi connectivity index (χ0v) is 8.79. The van der Waals surface area contributed by atoms with Crippen molar-refractivity contribution in [2.45, 2.75) is 0 Å². The zero-order chi connectivity index (χ0) is 10.1. The van der Waals surface area contributed by atoms with Gasteiger partial charge in [0.15, 0.2) is 0 Å². The smallest absolute Gasteiger partial charge is 0.124 e. The average Bonchev–Trinajstić information content (AvgIpc) is 2.74. The number of para-hydroxylation sites is 1. The Kier molecular flexibility index (Phi) is 2.00. The molecule has 71 valence electrons. The van der Waals surface area contributed by atoms with E-state index in [1.165, 1.54) is 4.70 Å². The van der Waals surface area contributed by atoms with Crippen molar-refractivity contribution in [2.24, 2.45) is 0 Å². The van der Waals surface area contributed by atoms with E-state index in [0.717, 1.165) is 16.1 Å². The SMILES string of the molecule is [c]1ccc(-c2nc3ccccc3s2)cc1. The Labute approximate surface area is 92.0 Å². The van der Waals surface area contributed by atoms with Gasteiger partial charge in [-0.3, -0.25) is 0 Å². The van der Waals surface area contributed by atoms with E-state index in [2.05, 4.69) is 17.1 Å². The fourth-order valence-corrected chi connectivity index (χ4v) is 2.50. The van der Waals surface area contributed by atoms with Gasteiger partial charge in [-0.2, -0.15) is 0 Å². The lowest BCUT2D eigenvalue weighted by molar-refractivity contribution is 1.48. The molecule has 0 saturated heterocycles. The predicted octanol–water partition coefficient (Wildman–Crippen LogP) is 3.76. The molecule has 0 atom stereocenters. The highest BCUT2D eigenvalue weighted by Gasteiger charge is 2.03. The summed E-state index contributed by atoms with van der Waals surface area (Å²) in [5.41, 5.74) is 2.24. The molecule has 0 saturated carbocycles. The first-order valence-corrected chi connectivity index (χ1v) is 5.57. The lowest BCUT2D eigenvalue weighted by Crippen LogP contribution is -1.73. The van der Waals surface area contributed by atoms with E-state index in [4.69, 9.17) is 0 Å². The van der Waals surface area contributed by atoms with Gasteiger partial charge in [-0.25, -0.2) is 4.98 Å². The van der Waals surface area contributed by atoms with Crippen LogP contribution in [0.4, 0.5) is 0 Å². The van der Waals surface area contributed by atoms with Crippen molar-refractivity contribution in [3.63, 3.8) is 0 Å². The van der Waals surface area contributed by atoms with Gasteiger partial charge in [0.1, 0.15) is 5.01 Å². The fraction of sp³-hybridized carbons (Fsp3) is 0. The minimum Gasteiger partial charge on any atom is -0.236 e. The molecule has 1 heterocycles. The molecule has 0 unspecified atom stereocenters. The van der Waals surface area contributed by atoms with Gasteiger partial charge in [-0.05, 0) is 18.2 Å². The monoisotopic (exact) mass is 210 g/mol. The van der Waals surface area contributed by atoms with Gasteiger partial charge >= 0.3 is 0 Å². The second-order valence-electron chi connectivity index (χ2n) is 3.28. The molecule has 0 amide bonds. The molecule has 1 nitrogen and oxygen atoms in total. The molecule has 15 heavy (non-hydrogen) atoms. The third kappa shape index (κ3) is 1.53. The second kappa shape index (κ2) is 3.48. The van der Waals surface area contributed by atoms with E-state index in [-0.39, 0.29) is 0 Å². The highest BCUT2D eigenvalue weighted by atomic mass is 32.1. The summed E-state index contributed by atoms with van der Waals surface area (Å²) in [7, 11) is 0. The van der Waals surface area contributed by atoms with Crippen LogP contribution < -0.4 is 0 Å². The van der Waals surface area contributed by atoms with Crippen LogP contribution in [0.25, 0.3) is 20.8 Å². The molecule has 1 aromatic heterocycles. The van der Waals surface area contributed by atoms with E-state index >= 15 is 0 Å². The van der Waals surface area contributed by atoms with Gasteiger partial charge in [-0.15, -0.1) is 11.3 Å². The molecule has 0 aliphatic carbocycles. The maximum atomic E-state index is 4.59. The summed E-state index contributed by atoms with van der Waals surface area (Å²) in [6.45, 7) is 0. The zero-order valence-electron chi connectivity index (χ0n) is 7.97. The van der Waals surface area contributed by atoms with E-state index < -0.39 is 0 Å². The standard InChI is InChI=1S/C13H8NS/c1-2-6-10(7-3-1)13-14-11-8-4-5-9-12(11)15-13/h2-9H. The number of hydrogen-bond acceptors (Lipinski definition) is 2. The van der Waals surface area contributed by atoms with Crippen molar-refractivity contribution in [1.29, 1.82) is 0 Å². The van der Waals surface area contributed by atoms with E-state index in [1.54, 1.807) is 11.3 Å². The van der Waals surface area contributed by atoms with Crippen molar-refractivity contribution in [1.82, 2.24) is 4.98 Å². The third-order valence-electron chi connectivity index (χ3n) is 2.26. The summed E-state index contributed by atoms with van der Waals surface area (Å²) < 4.78 is 1.24. The largest absolute Gasteiger partial charge is 0.236 e. The van der Waals surface area contributed by atoms with Crippen LogP contribution in [0.1, 0.15) is 0 Å². The summed E-state index contributed by atoms with van der Waals surface area (Å²) in [4.78, 5) is 4.59. The molecule has 2 aromatic carbocycles. The Hall–Kier alpha value is -1.67. The van der Waals surface area contributed by atoms with Gasteiger partial charge in [-0.1, -0.05) is 36.4 Å². The predicted molar refractivity (Wildman–Crippen MR) is 63.9 cm³/mol. The van der Waals surface area contributed by atoms with E-state index in [0.29, 0.717) is 0 Å². The lowest BCUT2D eigenvalue weighted by Gasteiger charge is -1.91. The third-order valence-corrected chi connectivity index (χ3v) is 3.34. The molecule has 0 fully saturated rings. The molecule has 3 aromatic rings. The second-order valence-corrected chi connectivity index (χ2v) is 4.31. The van der Waals surface area contributed by atoms with Crippen molar-refractivity contribution in [2.75, 3.05) is 0 Å². The Bertz CT molecular complexity index is 551. The Balaban J connectivity index is 2.21. The van der Waals surface area contributed by atoms with E-state index in [9.17, 15) is 0 Å². The maximum Gasteiger partial charge on any atom is 0.124 e. The van der Waals surface area contributed by atoms with Crippen LogP contribution >= 0.6 is 11.3 Å². The summed E-state index contributed by atoms with van der Waals surface area (Å²) in [5, 5.41) is 1.07. The van der Waals surface area contributed by atoms with Gasteiger partial charge in [0.2, 0.25) is 0 Å². The number of rotatable bonds is 1. The maximum absolute atomic E-state index is 4.59. The van der Waals surface area contributed by atoms with E-state index in [1.807, 2.05) is 42.5 Å². The normalized spacial score (nSPS) is 10.7. The Morgan fingerprint density at radius 1 is 1.00 bits per heavy atom. The summed E-state index contributed by atoms with van der Waals surface area (Å²) >= 11 is 1.73. The van der Waals surface area contributed by atoms with Crippen molar-refractivity contribution in [3.8, 4) is 10.6 Å². The number of nitrogens with zero attached hydrogens (tertiary/aromatic N) is 1. The summed E-state index contributed by atoms with van der Waals surface area (Å²) in [5.74, 6) is 0. The van der Waals surface area contributed by atoms with Crippen LogP contribution in [0.2, 0.25) is 0 Å². The molecule has 3 rings (SSSR count). The van der Waals surface area contributed by atoms with Gasteiger partial charge in [0.25, 0.3) is 0 Å². The lowest BCUT2D eigenvalue weighted by atomic mass is 10.2. The first kappa shape index (κ1) is 8.62. The number of aromatic nitrogens is 1. The van der Waals surface area contributed by atoms with Crippen molar-refractivity contribution >= 4 is 21.6 Å². The van der Waals surface area contributed by atoms with Gasteiger partial charge in [0.05, 0.1) is 10.2 Å². The number of hydrogen-bond donors (Lipinski definition) is 0. The average molecular weight is 210 g/mol. The van der Waals surface area contributed by atoms with Crippen LogP contribution in [-0.4, -0.2) is 4.98 Å². The van der Waals surface area contributed by atoms with Crippen molar-refractivity contribution in [3.05, 3.63) is 54.6 Å². The minimum atomic E-state index is 1.07. The summed E-state index contributed by atoms with van der Waals surface area (Å²) in [6, 6.07) is 19.1. The molecule has 0 aliphatic heterocycles. The fourth-order valence-electron chi connectivity index (χ4n) is 1.53. The molecular weight excluding hydrogens is 202 g/mol. The number of fused-ring (bicyclic) bond motifs is 1. The highest BCUT2D eigenvalue weighted by molar-refractivity contribution is 7.21. The Morgan fingerprint density at radius 2 is 1.80 bits per heavy atom. The minimum absolute atomic E-state index is 1.07. The topological polar surface area (TPSA) is 12.9 Å². The van der Waals surface area contributed by atoms with Crippen LogP contribution in [0.5, 0.6) is 0 Å². The first-order chi connectivity index (χ1) is 7.43. The highest BCUT2D eigenvalue weighted by Crippen LogP contribution is 2.29. The first-order valence-electron chi connectivity index (χ1n) is 4.75. The van der Waals surface area contributed by atoms with Crippen LogP contribution in [0.3, 0.4) is 0 Å². The quantitative estimate of drug-likeness (QED) is 0.596. The molecule has 0 aliphatic rings. The molecular formula is C13H8NS. The molecule has 1 radical (unpaired) electrons. The summed E-state index contributed by atoms with van der Waals surface area (Å²) in [6.07, 6.45) is 0. The molecule has 0 bridgehead atoms. The molecule has 0 N–H and O–H groups in total. The molecule has 0 spiro atoms. The van der Waals surface area contributed by atoms with Crippen molar-refractivity contribution < 1.29 is 0 Å².